The average Bonchev–Trinajstić information content (AvgIpc) is 3.45. The summed E-state index contributed by atoms with van der Waals surface area (Å²) in [5.41, 5.74) is -0.0687. The van der Waals surface area contributed by atoms with Crippen LogP contribution in [0.2, 0.25) is 0 Å². The van der Waals surface area contributed by atoms with E-state index >= 15 is 0 Å². The lowest BCUT2D eigenvalue weighted by Gasteiger charge is -2.21. The second-order valence-electron chi connectivity index (χ2n) is 7.44. The molecule has 1 N–H and O–H groups in total. The molecule has 0 unspecified atom stereocenters. The first-order chi connectivity index (χ1) is 15.3. The van der Waals surface area contributed by atoms with Gasteiger partial charge in [-0.15, -0.1) is 0 Å². The highest BCUT2D eigenvalue weighted by molar-refractivity contribution is 5.94. The molecule has 2 aromatic carbocycles. The average molecular weight is 447 g/mol. The van der Waals surface area contributed by atoms with Crippen molar-refractivity contribution in [3.63, 3.8) is 0 Å². The highest BCUT2D eigenvalue weighted by Gasteiger charge is 2.31. The SMILES string of the molecule is CC[C@@H](C)[C@@H](NC(=O)c1ccc(C(F)(F)F)cc1)c1nc(-c2ccc3c(c2)OCO3)no1. The van der Waals surface area contributed by atoms with Crippen molar-refractivity contribution in [3.8, 4) is 22.9 Å². The van der Waals surface area contributed by atoms with Crippen LogP contribution in [0.25, 0.3) is 11.4 Å². The lowest BCUT2D eigenvalue weighted by molar-refractivity contribution is -0.137. The van der Waals surface area contributed by atoms with Crippen molar-refractivity contribution in [3.05, 3.63) is 59.5 Å². The number of ether oxygens (including phenoxy) is 2. The zero-order valence-electron chi connectivity index (χ0n) is 17.3. The smallest absolute Gasteiger partial charge is 0.416 e. The first-order valence-corrected chi connectivity index (χ1v) is 9.98. The van der Waals surface area contributed by atoms with Crippen molar-refractivity contribution < 1.29 is 32.0 Å². The fraction of sp³-hybridized carbons (Fsp3) is 0.318. The van der Waals surface area contributed by atoms with Gasteiger partial charge in [0.1, 0.15) is 6.04 Å². The summed E-state index contributed by atoms with van der Waals surface area (Å²) in [6, 6.07) is 8.64. The minimum atomic E-state index is -4.47. The number of fused-ring (bicyclic) bond motifs is 1. The van der Waals surface area contributed by atoms with Crippen LogP contribution in [0, 0.1) is 5.92 Å². The standard InChI is InChI=1S/C22H20F3N3O4/c1-3-12(2)18(26-20(29)13-4-7-15(8-5-13)22(23,24)25)21-27-19(28-32-21)14-6-9-16-17(10-14)31-11-30-16/h4-10,12,18H,3,11H2,1-2H3,(H,26,29)/t12-,18-/m1/s1. The van der Waals surface area contributed by atoms with Crippen LogP contribution >= 0.6 is 0 Å². The van der Waals surface area contributed by atoms with Gasteiger partial charge in [0.2, 0.25) is 18.5 Å². The molecule has 0 saturated carbocycles. The van der Waals surface area contributed by atoms with E-state index in [-0.39, 0.29) is 24.2 Å². The van der Waals surface area contributed by atoms with Gasteiger partial charge in [-0.3, -0.25) is 4.79 Å². The lowest BCUT2D eigenvalue weighted by atomic mass is 9.98. The van der Waals surface area contributed by atoms with Crippen molar-refractivity contribution in [2.45, 2.75) is 32.5 Å². The zero-order valence-corrected chi connectivity index (χ0v) is 17.3. The molecule has 1 aliphatic rings. The number of nitrogens with one attached hydrogen (secondary N) is 1. The fourth-order valence-corrected chi connectivity index (χ4v) is 3.23. The third-order valence-corrected chi connectivity index (χ3v) is 5.31. The molecule has 0 bridgehead atoms. The van der Waals surface area contributed by atoms with Crippen molar-refractivity contribution in [1.29, 1.82) is 0 Å². The molecule has 3 aromatic rings. The van der Waals surface area contributed by atoms with Crippen molar-refractivity contribution >= 4 is 5.91 Å². The molecule has 2 atom stereocenters. The molecule has 0 saturated heterocycles. The molecule has 10 heteroatoms. The van der Waals surface area contributed by atoms with Gasteiger partial charge in [-0.25, -0.2) is 0 Å². The number of benzene rings is 2. The maximum Gasteiger partial charge on any atom is 0.416 e. The van der Waals surface area contributed by atoms with Gasteiger partial charge < -0.3 is 19.3 Å². The molecular formula is C22H20F3N3O4. The van der Waals surface area contributed by atoms with Crippen LogP contribution in [0.3, 0.4) is 0 Å². The van der Waals surface area contributed by atoms with Gasteiger partial charge in [-0.05, 0) is 48.4 Å². The van der Waals surface area contributed by atoms with E-state index in [2.05, 4.69) is 15.5 Å². The summed E-state index contributed by atoms with van der Waals surface area (Å²) in [6.07, 6.45) is -3.77. The summed E-state index contributed by atoms with van der Waals surface area (Å²) in [6.45, 7) is 3.99. The lowest BCUT2D eigenvalue weighted by Crippen LogP contribution is -2.32. The van der Waals surface area contributed by atoms with Crippen molar-refractivity contribution in [2.24, 2.45) is 5.92 Å². The molecule has 4 rings (SSSR count). The number of hydrogen-bond acceptors (Lipinski definition) is 6. The van der Waals surface area contributed by atoms with Crippen LogP contribution in [0.5, 0.6) is 11.5 Å². The van der Waals surface area contributed by atoms with E-state index in [9.17, 15) is 18.0 Å². The Kier molecular flexibility index (Phi) is 5.77. The van der Waals surface area contributed by atoms with Crippen LogP contribution in [0.4, 0.5) is 13.2 Å². The van der Waals surface area contributed by atoms with E-state index in [1.807, 2.05) is 13.8 Å². The molecule has 0 radical (unpaired) electrons. The van der Waals surface area contributed by atoms with Crippen molar-refractivity contribution in [1.82, 2.24) is 15.5 Å². The van der Waals surface area contributed by atoms with Crippen LogP contribution < -0.4 is 14.8 Å². The van der Waals surface area contributed by atoms with Crippen LogP contribution in [-0.2, 0) is 6.18 Å². The maximum atomic E-state index is 12.8. The summed E-state index contributed by atoms with van der Waals surface area (Å²) in [5.74, 6) is 1.11. The molecule has 1 amide bonds. The highest BCUT2D eigenvalue weighted by Crippen LogP contribution is 2.36. The molecule has 0 fully saturated rings. The molecule has 0 spiro atoms. The Morgan fingerprint density at radius 1 is 1.12 bits per heavy atom. The van der Waals surface area contributed by atoms with E-state index < -0.39 is 23.7 Å². The molecule has 2 heterocycles. The largest absolute Gasteiger partial charge is 0.454 e. The number of hydrogen-bond donors (Lipinski definition) is 1. The third kappa shape index (κ3) is 4.39. The van der Waals surface area contributed by atoms with Gasteiger partial charge in [0.05, 0.1) is 5.56 Å². The summed E-state index contributed by atoms with van der Waals surface area (Å²) in [5, 5.41) is 6.81. The highest BCUT2D eigenvalue weighted by atomic mass is 19.4. The van der Waals surface area contributed by atoms with E-state index in [4.69, 9.17) is 14.0 Å². The van der Waals surface area contributed by atoms with E-state index in [0.717, 1.165) is 24.3 Å². The normalized spacial score (nSPS) is 14.8. The predicted octanol–water partition coefficient (Wildman–Crippen LogP) is 5.00. The van der Waals surface area contributed by atoms with Gasteiger partial charge in [0.15, 0.2) is 11.5 Å². The molecule has 0 aliphatic carbocycles. The minimum absolute atomic E-state index is 0.0709. The third-order valence-electron chi connectivity index (χ3n) is 5.31. The number of aromatic nitrogens is 2. The Morgan fingerprint density at radius 2 is 1.84 bits per heavy atom. The number of halogens is 3. The quantitative estimate of drug-likeness (QED) is 0.572. The number of rotatable bonds is 6. The zero-order chi connectivity index (χ0) is 22.9. The fourth-order valence-electron chi connectivity index (χ4n) is 3.23. The number of nitrogens with zero attached hydrogens (tertiary/aromatic N) is 2. The Hall–Kier alpha value is -3.56. The minimum Gasteiger partial charge on any atom is -0.454 e. The predicted molar refractivity (Wildman–Crippen MR) is 107 cm³/mol. The molecule has 7 nitrogen and oxygen atoms in total. The summed E-state index contributed by atoms with van der Waals surface area (Å²) < 4.78 is 54.4. The van der Waals surface area contributed by atoms with E-state index in [1.54, 1.807) is 18.2 Å². The van der Waals surface area contributed by atoms with Crippen LogP contribution in [-0.4, -0.2) is 22.8 Å². The molecule has 1 aliphatic heterocycles. The molecule has 32 heavy (non-hydrogen) atoms. The molecule has 1 aromatic heterocycles. The Morgan fingerprint density at radius 3 is 2.53 bits per heavy atom. The second-order valence-corrected chi connectivity index (χ2v) is 7.44. The van der Waals surface area contributed by atoms with Crippen molar-refractivity contribution in [2.75, 3.05) is 6.79 Å². The molecular weight excluding hydrogens is 427 g/mol. The topological polar surface area (TPSA) is 86.5 Å². The first-order valence-electron chi connectivity index (χ1n) is 9.98. The van der Waals surface area contributed by atoms with Crippen LogP contribution in [0.15, 0.2) is 47.0 Å². The number of carbonyl (C=O) groups excluding carboxylic acids is 1. The van der Waals surface area contributed by atoms with Crippen LogP contribution in [0.1, 0.15) is 48.1 Å². The van der Waals surface area contributed by atoms with Gasteiger partial charge in [-0.2, -0.15) is 18.2 Å². The van der Waals surface area contributed by atoms with E-state index in [0.29, 0.717) is 29.3 Å². The number of carbonyl (C=O) groups is 1. The van der Waals surface area contributed by atoms with Gasteiger partial charge in [0, 0.05) is 11.1 Å². The molecule has 168 valence electrons. The summed E-state index contributed by atoms with van der Waals surface area (Å²) in [4.78, 5) is 17.1. The van der Waals surface area contributed by atoms with Gasteiger partial charge >= 0.3 is 6.18 Å². The summed E-state index contributed by atoms with van der Waals surface area (Å²) in [7, 11) is 0. The maximum absolute atomic E-state index is 12.8. The number of alkyl halides is 3. The van der Waals surface area contributed by atoms with E-state index in [1.165, 1.54) is 0 Å². The first kappa shape index (κ1) is 21.7. The monoisotopic (exact) mass is 447 g/mol. The second kappa shape index (κ2) is 8.52. The number of amides is 1. The Bertz CT molecular complexity index is 1110. The van der Waals surface area contributed by atoms with Gasteiger partial charge in [-0.1, -0.05) is 25.4 Å². The Balaban J connectivity index is 1.55. The summed E-state index contributed by atoms with van der Waals surface area (Å²) >= 11 is 0. The van der Waals surface area contributed by atoms with Gasteiger partial charge in [0.25, 0.3) is 5.91 Å². The Labute approximate surface area is 181 Å².